The molecule has 0 aliphatic heterocycles. The fourth-order valence-corrected chi connectivity index (χ4v) is 5.79. The standard InChI is InChI=1S/C25H28FN5O3S2/c1-3-30(19-8-10-20(11-9-19)36(33,34)29-25-28-14-17-35-25)15-5-13-27-24(32)18(2)31-16-12-21-22(26)6-4-7-23(21)31/h4,6-12,14,16-18H,3,5,13,15H2,1-2H3,(H,27,32)(H,28,29)/t18-/m0/s1. The maximum absolute atomic E-state index is 14.0. The van der Waals surface area contributed by atoms with Crippen LogP contribution in [0.5, 0.6) is 0 Å². The summed E-state index contributed by atoms with van der Waals surface area (Å²) in [5, 5.41) is 5.48. The van der Waals surface area contributed by atoms with Gasteiger partial charge in [0, 0.05) is 48.5 Å². The van der Waals surface area contributed by atoms with E-state index in [0.717, 1.165) is 12.2 Å². The summed E-state index contributed by atoms with van der Waals surface area (Å²) in [6, 6.07) is 12.7. The van der Waals surface area contributed by atoms with Gasteiger partial charge in [0.25, 0.3) is 10.0 Å². The maximum Gasteiger partial charge on any atom is 0.263 e. The summed E-state index contributed by atoms with van der Waals surface area (Å²) in [4.78, 5) is 18.9. The molecule has 4 rings (SSSR count). The fourth-order valence-electron chi connectivity index (χ4n) is 4.00. The molecule has 0 radical (unpaired) electrons. The van der Waals surface area contributed by atoms with Gasteiger partial charge < -0.3 is 14.8 Å². The number of nitrogens with zero attached hydrogens (tertiary/aromatic N) is 3. The highest BCUT2D eigenvalue weighted by molar-refractivity contribution is 7.93. The first-order valence-corrected chi connectivity index (χ1v) is 14.0. The highest BCUT2D eigenvalue weighted by Crippen LogP contribution is 2.23. The zero-order valence-electron chi connectivity index (χ0n) is 20.0. The molecule has 0 aliphatic rings. The predicted octanol–water partition coefficient (Wildman–Crippen LogP) is 4.63. The number of rotatable bonds is 11. The zero-order valence-corrected chi connectivity index (χ0v) is 21.7. The van der Waals surface area contributed by atoms with Gasteiger partial charge in [-0.05, 0) is 62.7 Å². The smallest absolute Gasteiger partial charge is 0.263 e. The van der Waals surface area contributed by atoms with Crippen LogP contribution < -0.4 is 14.9 Å². The van der Waals surface area contributed by atoms with E-state index in [1.54, 1.807) is 65.5 Å². The van der Waals surface area contributed by atoms with Gasteiger partial charge in [0.05, 0.1) is 10.4 Å². The Labute approximate surface area is 213 Å². The molecular weight excluding hydrogens is 501 g/mol. The summed E-state index contributed by atoms with van der Waals surface area (Å²) in [7, 11) is -3.70. The van der Waals surface area contributed by atoms with Crippen LogP contribution in [0.25, 0.3) is 10.9 Å². The molecule has 2 heterocycles. The van der Waals surface area contributed by atoms with E-state index in [1.807, 2.05) is 6.92 Å². The summed E-state index contributed by atoms with van der Waals surface area (Å²) in [5.74, 6) is -0.443. The number of carbonyl (C=O) groups excluding carboxylic acids is 1. The molecule has 0 fully saturated rings. The Balaban J connectivity index is 1.30. The molecule has 2 aromatic heterocycles. The van der Waals surface area contributed by atoms with Crippen molar-refractivity contribution in [2.75, 3.05) is 29.3 Å². The second-order valence-corrected chi connectivity index (χ2v) is 10.8. The van der Waals surface area contributed by atoms with E-state index in [-0.39, 0.29) is 16.6 Å². The number of amides is 1. The van der Waals surface area contributed by atoms with Crippen molar-refractivity contribution in [1.82, 2.24) is 14.9 Å². The predicted molar refractivity (Wildman–Crippen MR) is 141 cm³/mol. The number of fused-ring (bicyclic) bond motifs is 1. The third-order valence-electron chi connectivity index (χ3n) is 5.96. The van der Waals surface area contributed by atoms with Crippen LogP contribution >= 0.6 is 11.3 Å². The monoisotopic (exact) mass is 529 g/mol. The number of hydrogen-bond acceptors (Lipinski definition) is 6. The minimum atomic E-state index is -3.70. The van der Waals surface area contributed by atoms with Crippen molar-refractivity contribution in [1.29, 1.82) is 0 Å². The molecule has 11 heteroatoms. The summed E-state index contributed by atoms with van der Waals surface area (Å²) >= 11 is 1.22. The summed E-state index contributed by atoms with van der Waals surface area (Å²) < 4.78 is 43.3. The number of thiazole rings is 1. The third kappa shape index (κ3) is 5.68. The molecule has 190 valence electrons. The second-order valence-electron chi connectivity index (χ2n) is 8.23. The first-order chi connectivity index (χ1) is 17.3. The van der Waals surface area contributed by atoms with Crippen LogP contribution in [0.15, 0.2) is 71.2 Å². The molecule has 8 nitrogen and oxygen atoms in total. The Morgan fingerprint density at radius 1 is 1.19 bits per heavy atom. The van der Waals surface area contributed by atoms with Crippen molar-refractivity contribution in [3.05, 3.63) is 72.1 Å². The Kier molecular flexibility index (Phi) is 7.90. The minimum Gasteiger partial charge on any atom is -0.372 e. The molecule has 1 atom stereocenters. The number of hydrogen-bond donors (Lipinski definition) is 2. The van der Waals surface area contributed by atoms with E-state index < -0.39 is 16.1 Å². The van der Waals surface area contributed by atoms with E-state index in [1.165, 1.54) is 23.6 Å². The lowest BCUT2D eigenvalue weighted by Gasteiger charge is -2.23. The van der Waals surface area contributed by atoms with Crippen LogP contribution in [0.4, 0.5) is 15.2 Å². The van der Waals surface area contributed by atoms with E-state index >= 15 is 0 Å². The first kappa shape index (κ1) is 25.6. The average molecular weight is 530 g/mol. The van der Waals surface area contributed by atoms with Crippen molar-refractivity contribution >= 4 is 49.0 Å². The first-order valence-electron chi connectivity index (χ1n) is 11.6. The second kappa shape index (κ2) is 11.1. The van der Waals surface area contributed by atoms with Gasteiger partial charge >= 0.3 is 0 Å². The largest absolute Gasteiger partial charge is 0.372 e. The van der Waals surface area contributed by atoms with Crippen LogP contribution in [0.3, 0.4) is 0 Å². The van der Waals surface area contributed by atoms with Gasteiger partial charge in [-0.25, -0.2) is 17.8 Å². The van der Waals surface area contributed by atoms with E-state index in [4.69, 9.17) is 0 Å². The van der Waals surface area contributed by atoms with Crippen LogP contribution in [0.1, 0.15) is 26.3 Å². The molecule has 2 N–H and O–H groups in total. The molecule has 0 saturated heterocycles. The van der Waals surface area contributed by atoms with Crippen molar-refractivity contribution in [2.24, 2.45) is 0 Å². The Hall–Kier alpha value is -3.44. The number of benzene rings is 2. The van der Waals surface area contributed by atoms with Gasteiger partial charge in [-0.2, -0.15) is 0 Å². The Morgan fingerprint density at radius 2 is 1.97 bits per heavy atom. The summed E-state index contributed by atoms with van der Waals surface area (Å²) in [6.07, 6.45) is 3.98. The van der Waals surface area contributed by atoms with E-state index in [2.05, 4.69) is 19.9 Å². The number of nitrogens with one attached hydrogen (secondary N) is 2. The lowest BCUT2D eigenvalue weighted by Crippen LogP contribution is -2.33. The van der Waals surface area contributed by atoms with Gasteiger partial charge in [0.15, 0.2) is 5.13 Å². The summed E-state index contributed by atoms with van der Waals surface area (Å²) in [6.45, 7) is 5.71. The molecule has 2 aromatic carbocycles. The Bertz CT molecular complexity index is 1420. The Morgan fingerprint density at radius 3 is 2.67 bits per heavy atom. The number of carbonyl (C=O) groups is 1. The molecule has 0 unspecified atom stereocenters. The normalized spacial score (nSPS) is 12.4. The number of aromatic nitrogens is 2. The van der Waals surface area contributed by atoms with Crippen molar-refractivity contribution in [3.63, 3.8) is 0 Å². The number of anilines is 2. The van der Waals surface area contributed by atoms with Crippen molar-refractivity contribution in [3.8, 4) is 0 Å². The van der Waals surface area contributed by atoms with E-state index in [9.17, 15) is 17.6 Å². The van der Waals surface area contributed by atoms with Crippen molar-refractivity contribution in [2.45, 2.75) is 31.2 Å². The fraction of sp³-hybridized carbons (Fsp3) is 0.280. The molecule has 36 heavy (non-hydrogen) atoms. The lowest BCUT2D eigenvalue weighted by molar-refractivity contribution is -0.123. The minimum absolute atomic E-state index is 0.137. The average Bonchev–Trinajstić information content (AvgIpc) is 3.54. The van der Waals surface area contributed by atoms with Gasteiger partial charge in [0.1, 0.15) is 11.9 Å². The molecule has 0 bridgehead atoms. The van der Waals surface area contributed by atoms with Gasteiger partial charge in [-0.1, -0.05) is 6.07 Å². The van der Waals surface area contributed by atoms with Crippen molar-refractivity contribution < 1.29 is 17.6 Å². The zero-order chi connectivity index (χ0) is 25.7. The summed E-state index contributed by atoms with van der Waals surface area (Å²) in [5.41, 5.74) is 1.58. The SMILES string of the molecule is CCN(CCCNC(=O)[C@H](C)n1ccc2c(F)cccc21)c1ccc(S(=O)(=O)Nc2nccs2)cc1. The quantitative estimate of drug-likeness (QED) is 0.276. The van der Waals surface area contributed by atoms with Gasteiger partial charge in [-0.15, -0.1) is 11.3 Å². The van der Waals surface area contributed by atoms with Crippen LogP contribution in [-0.2, 0) is 14.8 Å². The highest BCUT2D eigenvalue weighted by Gasteiger charge is 2.18. The molecule has 0 aliphatic carbocycles. The maximum atomic E-state index is 14.0. The molecule has 0 spiro atoms. The highest BCUT2D eigenvalue weighted by atomic mass is 32.2. The van der Waals surface area contributed by atoms with E-state index in [0.29, 0.717) is 35.5 Å². The molecule has 4 aromatic rings. The van der Waals surface area contributed by atoms with Crippen LogP contribution in [0, 0.1) is 5.82 Å². The van der Waals surface area contributed by atoms with Crippen LogP contribution in [-0.4, -0.2) is 43.5 Å². The van der Waals surface area contributed by atoms with Gasteiger partial charge in [0.2, 0.25) is 5.91 Å². The molecule has 0 saturated carbocycles. The van der Waals surface area contributed by atoms with Gasteiger partial charge in [-0.3, -0.25) is 9.52 Å². The molecular formula is C25H28FN5O3S2. The molecule has 1 amide bonds. The third-order valence-corrected chi connectivity index (χ3v) is 8.13. The number of sulfonamides is 1. The van der Waals surface area contributed by atoms with Crippen LogP contribution in [0.2, 0.25) is 0 Å². The lowest BCUT2D eigenvalue weighted by atomic mass is 10.2. The topological polar surface area (TPSA) is 96.3 Å². The number of halogens is 1.